The Morgan fingerprint density at radius 3 is 0.917 bits per heavy atom. The maximum absolute atomic E-state index is 8.58. The van der Waals surface area contributed by atoms with E-state index in [4.69, 9.17) is 10.7 Å². The van der Waals surface area contributed by atoms with Crippen LogP contribution in [0.25, 0.3) is 0 Å². The zero-order valence-corrected chi connectivity index (χ0v) is 10.7. The van der Waals surface area contributed by atoms with Crippen LogP contribution in [0.15, 0.2) is 0 Å². The summed E-state index contributed by atoms with van der Waals surface area (Å²) in [5.41, 5.74) is 0. The maximum atomic E-state index is 8.58. The summed E-state index contributed by atoms with van der Waals surface area (Å²) < 4.78 is 25.8. The van der Waals surface area contributed by atoms with Crippen LogP contribution < -0.4 is 45.1 Å². The standard InChI is InChI=1S/Co.2Li.Mn.Ni.6O.Ti/q+2;2*+1;2*+2;;3*-2;2*-1;. The molecule has 0 aliphatic heterocycles. The Bertz CT molecular complexity index is 48.5. The molecule has 12 heavy (non-hydrogen) atoms. The van der Waals surface area contributed by atoms with E-state index < -0.39 is 18.6 Å². The van der Waals surface area contributed by atoms with Gasteiger partial charge in [0.1, 0.15) is 0 Å². The molecule has 0 amide bonds. The summed E-state index contributed by atoms with van der Waals surface area (Å²) in [6.07, 6.45) is 0. The number of hydrogen-bond acceptors (Lipinski definition) is 3. The van der Waals surface area contributed by atoms with Crippen LogP contribution in [0.3, 0.4) is 0 Å². The normalized spacial score (nSPS) is 2.17. The minimum atomic E-state index is -4.08. The van der Waals surface area contributed by atoms with Crippen LogP contribution >= 0.6 is 0 Å². The molecule has 0 aromatic rings. The first-order valence-electron chi connectivity index (χ1n) is 0.612. The van der Waals surface area contributed by atoms with Crippen LogP contribution in [-0.4, -0.2) is 0 Å². The fraction of sp³-hybridized carbons (Fsp3) is 0. The monoisotopic (exact) mass is 330 g/mol. The quantitative estimate of drug-likeness (QED) is 0.406. The van der Waals surface area contributed by atoms with Gasteiger partial charge in [-0.05, 0) is 0 Å². The molecule has 12 heteroatoms. The Labute approximate surface area is 132 Å². The van der Waals surface area contributed by atoms with Crippen molar-refractivity contribution in [2.75, 3.05) is 0 Å². The molecule has 0 aromatic heterocycles. The van der Waals surface area contributed by atoms with Crippen molar-refractivity contribution < 1.29 is 134 Å². The van der Waals surface area contributed by atoms with Gasteiger partial charge in [-0.15, -0.1) is 0 Å². The van der Waals surface area contributed by atoms with E-state index in [1.165, 1.54) is 0 Å². The van der Waals surface area contributed by atoms with E-state index in [2.05, 4.69) is 0 Å². The van der Waals surface area contributed by atoms with Gasteiger partial charge in [0, 0.05) is 0 Å². The van der Waals surface area contributed by atoms with Crippen LogP contribution in [0.4, 0.5) is 0 Å². The first kappa shape index (κ1) is 81.4. The summed E-state index contributed by atoms with van der Waals surface area (Å²) >= 11 is -4.08. The van der Waals surface area contributed by atoms with Gasteiger partial charge in [-0.25, -0.2) is 0 Å². The molecule has 0 unspecified atom stereocenters. The van der Waals surface area contributed by atoms with E-state index in [1.807, 2.05) is 0 Å². The summed E-state index contributed by atoms with van der Waals surface area (Å²) in [4.78, 5) is 0. The van der Waals surface area contributed by atoms with Gasteiger partial charge in [0.25, 0.3) is 0 Å². The van der Waals surface area contributed by atoms with Crippen LogP contribution in [0, 0.1) is 0 Å². The SMILES string of the molecule is [Co+2].[Li+].[Li+].[Mn+2].[Ni+2].[O-2].[O-2].[O-2].[O]=[Ti]([O-])[O-]. The van der Waals surface area contributed by atoms with Crippen LogP contribution in [-0.2, 0) is 88.7 Å². The zero-order valence-electron chi connectivity index (χ0n) is 5.98. The average Bonchev–Trinajstić information content (AvgIpc) is 0.811. The fourth-order valence-corrected chi connectivity index (χ4v) is 0. The van der Waals surface area contributed by atoms with Gasteiger partial charge in [0.05, 0.1) is 0 Å². The summed E-state index contributed by atoms with van der Waals surface area (Å²) in [6, 6.07) is 0. The van der Waals surface area contributed by atoms with Crippen molar-refractivity contribution in [3.05, 3.63) is 0 Å². The molecule has 0 fully saturated rings. The van der Waals surface area contributed by atoms with Crippen molar-refractivity contribution in [1.29, 1.82) is 0 Å². The third-order valence-corrected chi connectivity index (χ3v) is 0. The van der Waals surface area contributed by atoms with Gasteiger partial charge >= 0.3 is 117 Å². The molecule has 0 saturated carbocycles. The van der Waals surface area contributed by atoms with Crippen molar-refractivity contribution in [3.8, 4) is 0 Å². The molecule has 0 heterocycles. The predicted octanol–water partition coefficient (Wildman–Crippen LogP) is -8.86. The van der Waals surface area contributed by atoms with E-state index in [0.29, 0.717) is 0 Å². The van der Waals surface area contributed by atoms with Gasteiger partial charge in [0.2, 0.25) is 0 Å². The molecular weight excluding hydrogens is 330 g/mol. The van der Waals surface area contributed by atoms with Crippen molar-refractivity contribution in [2.24, 2.45) is 0 Å². The van der Waals surface area contributed by atoms with Gasteiger partial charge in [-0.3, -0.25) is 0 Å². The molecule has 0 aromatic carbocycles. The Kier molecular flexibility index (Phi) is 444. The molecule has 0 saturated heterocycles. The molecule has 0 rings (SSSR count). The first-order chi connectivity index (χ1) is 1.73. The predicted molar refractivity (Wildman–Crippen MR) is 2.75 cm³/mol. The van der Waals surface area contributed by atoms with Crippen LogP contribution in [0.5, 0.6) is 0 Å². The Morgan fingerprint density at radius 2 is 0.917 bits per heavy atom. The topological polar surface area (TPSA) is 149 Å². The summed E-state index contributed by atoms with van der Waals surface area (Å²) in [6.45, 7) is 0. The molecule has 0 spiro atoms. The fourth-order valence-electron chi connectivity index (χ4n) is 0. The average molecular weight is 330 g/mol. The van der Waals surface area contributed by atoms with Crippen molar-refractivity contribution in [2.45, 2.75) is 0 Å². The van der Waals surface area contributed by atoms with E-state index in [9.17, 15) is 0 Å². The Morgan fingerprint density at radius 1 is 0.917 bits per heavy atom. The van der Waals surface area contributed by atoms with Crippen LogP contribution in [0.1, 0.15) is 0 Å². The van der Waals surface area contributed by atoms with E-state index >= 15 is 0 Å². The van der Waals surface area contributed by atoms with Gasteiger partial charge in [-0.1, -0.05) is 0 Å². The number of rotatable bonds is 0. The minimum absolute atomic E-state index is 0. The molecule has 68 valence electrons. The third-order valence-electron chi connectivity index (χ3n) is 0. The van der Waals surface area contributed by atoms with Crippen molar-refractivity contribution in [3.63, 3.8) is 0 Å². The van der Waals surface area contributed by atoms with Gasteiger partial charge < -0.3 is 16.4 Å². The summed E-state index contributed by atoms with van der Waals surface area (Å²) in [5.74, 6) is 0. The zero-order chi connectivity index (χ0) is 3.58. The molecule has 2 radical (unpaired) electrons. The molecular formula is CoLi2MnNiO6Ti. The molecule has 0 aliphatic carbocycles. The van der Waals surface area contributed by atoms with Gasteiger partial charge in [-0.2, -0.15) is 0 Å². The van der Waals surface area contributed by atoms with Crippen molar-refractivity contribution in [1.82, 2.24) is 0 Å². The second-order valence-corrected chi connectivity index (χ2v) is 1.03. The molecule has 0 bridgehead atoms. The summed E-state index contributed by atoms with van der Waals surface area (Å²) in [5, 5.41) is 0. The second-order valence-electron chi connectivity index (χ2n) is 0.250. The van der Waals surface area contributed by atoms with Gasteiger partial charge in [0.15, 0.2) is 0 Å². The van der Waals surface area contributed by atoms with E-state index in [0.717, 1.165) is 0 Å². The first-order valence-corrected chi connectivity index (χ1v) is 2.52. The second kappa shape index (κ2) is 65.5. The summed E-state index contributed by atoms with van der Waals surface area (Å²) in [7, 11) is 0. The van der Waals surface area contributed by atoms with E-state index in [1.54, 1.807) is 0 Å². The molecule has 0 aliphatic rings. The Balaban J connectivity index is -0.00000000161. The molecule has 6 nitrogen and oxygen atoms in total. The molecule has 0 N–H and O–H groups in total. The Hall–Kier alpha value is 3.03. The number of hydrogen-bond donors (Lipinski definition) is 0. The van der Waals surface area contributed by atoms with Crippen molar-refractivity contribution >= 4 is 0 Å². The third kappa shape index (κ3) is 206. The van der Waals surface area contributed by atoms with E-state index in [-0.39, 0.29) is 104 Å². The molecule has 0 atom stereocenters. The van der Waals surface area contributed by atoms with Crippen LogP contribution in [0.2, 0.25) is 0 Å².